The maximum atomic E-state index is 12.3. The van der Waals surface area contributed by atoms with E-state index in [1.54, 1.807) is 0 Å². The molecule has 0 unspecified atom stereocenters. The number of carbonyl (C=O) groups excluding carboxylic acids is 1. The summed E-state index contributed by atoms with van der Waals surface area (Å²) in [6, 6.07) is 0.294. The molecule has 1 aliphatic heterocycles. The molecule has 2 aliphatic rings. The Kier molecular flexibility index (Phi) is 6.60. The number of nitrogens with zero attached hydrogens (tertiary/aromatic N) is 3. The highest BCUT2D eigenvalue weighted by Gasteiger charge is 2.32. The first-order valence-electron chi connectivity index (χ1n) is 9.46. The molecule has 146 valence electrons. The molecule has 0 bridgehead atoms. The Bertz CT molecular complexity index is 724. The van der Waals surface area contributed by atoms with Crippen molar-refractivity contribution in [3.05, 3.63) is 5.82 Å². The molecule has 1 aromatic rings. The Hall–Kier alpha value is -1.09. The van der Waals surface area contributed by atoms with Gasteiger partial charge in [0.1, 0.15) is 5.82 Å². The second kappa shape index (κ2) is 8.73. The van der Waals surface area contributed by atoms with E-state index in [-0.39, 0.29) is 23.3 Å². The van der Waals surface area contributed by atoms with Gasteiger partial charge in [-0.15, -0.1) is 10.2 Å². The molecule has 3 rings (SSSR count). The zero-order valence-electron chi connectivity index (χ0n) is 15.3. The summed E-state index contributed by atoms with van der Waals surface area (Å²) in [5.74, 6) is 1.33. The van der Waals surface area contributed by atoms with E-state index in [0.717, 1.165) is 12.8 Å². The third-order valence-electron chi connectivity index (χ3n) is 5.27. The quantitative estimate of drug-likeness (QED) is 0.760. The Labute approximate surface area is 159 Å². The number of nitrogens with one attached hydrogen (secondary N) is 1. The highest BCUT2D eigenvalue weighted by atomic mass is 32.2. The number of thioether (sulfide) groups is 1. The molecule has 2 fully saturated rings. The number of rotatable bonds is 5. The minimum Gasteiger partial charge on any atom is -0.353 e. The smallest absolute Gasteiger partial charge is 0.230 e. The van der Waals surface area contributed by atoms with Crippen molar-refractivity contribution < 1.29 is 13.2 Å². The van der Waals surface area contributed by atoms with Gasteiger partial charge in [-0.3, -0.25) is 4.79 Å². The van der Waals surface area contributed by atoms with Crippen LogP contribution >= 0.6 is 11.8 Å². The standard InChI is InChI=1S/C17H28N4O3S2/c1-21-16(13-9-10-26(23,24)12-13)19-20-17(21)25-11-15(22)18-14-7-5-3-2-4-6-8-14/h13-14H,2-12H2,1H3,(H,18,22)/t13-/m1/s1. The highest BCUT2D eigenvalue weighted by Crippen LogP contribution is 2.29. The predicted octanol–water partition coefficient (Wildman–Crippen LogP) is 2.04. The molecular formula is C17H28N4O3S2. The summed E-state index contributed by atoms with van der Waals surface area (Å²) in [5, 5.41) is 12.1. The summed E-state index contributed by atoms with van der Waals surface area (Å²) in [6.07, 6.45) is 8.96. The molecule has 26 heavy (non-hydrogen) atoms. The van der Waals surface area contributed by atoms with Gasteiger partial charge < -0.3 is 9.88 Å². The molecule has 9 heteroatoms. The lowest BCUT2D eigenvalue weighted by molar-refractivity contribution is -0.119. The van der Waals surface area contributed by atoms with Crippen LogP contribution in [0.3, 0.4) is 0 Å². The monoisotopic (exact) mass is 400 g/mol. The zero-order chi connectivity index (χ0) is 18.6. The van der Waals surface area contributed by atoms with Crippen LogP contribution in [0.5, 0.6) is 0 Å². The molecule has 2 heterocycles. The van der Waals surface area contributed by atoms with Gasteiger partial charge in [-0.2, -0.15) is 0 Å². The maximum Gasteiger partial charge on any atom is 0.230 e. The number of hydrogen-bond acceptors (Lipinski definition) is 6. The Balaban J connectivity index is 1.51. The van der Waals surface area contributed by atoms with Crippen molar-refractivity contribution in [3.8, 4) is 0 Å². The van der Waals surface area contributed by atoms with Crippen molar-refractivity contribution in [1.82, 2.24) is 20.1 Å². The van der Waals surface area contributed by atoms with E-state index in [0.29, 0.717) is 29.2 Å². The number of hydrogen-bond donors (Lipinski definition) is 1. The molecule has 0 spiro atoms. The van der Waals surface area contributed by atoms with Crippen LogP contribution in [0.15, 0.2) is 5.16 Å². The van der Waals surface area contributed by atoms with Crippen LogP contribution in [0, 0.1) is 0 Å². The molecule has 1 aromatic heterocycles. The molecule has 7 nitrogen and oxygen atoms in total. The molecule has 1 saturated carbocycles. The molecule has 1 atom stereocenters. The van der Waals surface area contributed by atoms with E-state index in [1.165, 1.54) is 43.9 Å². The average molecular weight is 401 g/mol. The SMILES string of the molecule is Cn1c(SCC(=O)NC2CCCCCCC2)nnc1[C@@H]1CCS(=O)(=O)C1. The topological polar surface area (TPSA) is 93.9 Å². The van der Waals surface area contributed by atoms with Gasteiger partial charge in [0, 0.05) is 19.0 Å². The van der Waals surface area contributed by atoms with Crippen LogP contribution in [-0.4, -0.2) is 52.4 Å². The summed E-state index contributed by atoms with van der Waals surface area (Å²) >= 11 is 1.36. The third-order valence-corrected chi connectivity index (χ3v) is 8.06. The lowest BCUT2D eigenvalue weighted by Crippen LogP contribution is -2.36. The van der Waals surface area contributed by atoms with Gasteiger partial charge in [0.15, 0.2) is 15.0 Å². The summed E-state index contributed by atoms with van der Waals surface area (Å²) in [5.41, 5.74) is 0. The van der Waals surface area contributed by atoms with Crippen molar-refractivity contribution in [1.29, 1.82) is 0 Å². The zero-order valence-corrected chi connectivity index (χ0v) is 16.9. The van der Waals surface area contributed by atoms with Crippen molar-refractivity contribution >= 4 is 27.5 Å². The predicted molar refractivity (Wildman–Crippen MR) is 102 cm³/mol. The van der Waals surface area contributed by atoms with Crippen molar-refractivity contribution in [2.24, 2.45) is 7.05 Å². The average Bonchev–Trinajstić information content (AvgIpc) is 3.10. The van der Waals surface area contributed by atoms with Crippen molar-refractivity contribution in [2.75, 3.05) is 17.3 Å². The first kappa shape index (κ1) is 19.7. The van der Waals surface area contributed by atoms with Gasteiger partial charge in [0.25, 0.3) is 0 Å². The van der Waals surface area contributed by atoms with Crippen LogP contribution in [0.4, 0.5) is 0 Å². The van der Waals surface area contributed by atoms with Crippen molar-refractivity contribution in [3.63, 3.8) is 0 Å². The van der Waals surface area contributed by atoms with Gasteiger partial charge in [-0.25, -0.2) is 8.42 Å². The van der Waals surface area contributed by atoms with Crippen LogP contribution < -0.4 is 5.32 Å². The molecule has 1 saturated heterocycles. The highest BCUT2D eigenvalue weighted by molar-refractivity contribution is 7.99. The van der Waals surface area contributed by atoms with Gasteiger partial charge in [-0.05, 0) is 19.3 Å². The second-order valence-corrected chi connectivity index (χ2v) is 10.6. The molecule has 0 aromatic carbocycles. The number of aromatic nitrogens is 3. The fourth-order valence-corrected chi connectivity index (χ4v) is 6.27. The van der Waals surface area contributed by atoms with Gasteiger partial charge in [-0.1, -0.05) is 43.9 Å². The fraction of sp³-hybridized carbons (Fsp3) is 0.824. The molecule has 1 aliphatic carbocycles. The fourth-order valence-electron chi connectivity index (χ4n) is 3.81. The minimum atomic E-state index is -2.95. The molecular weight excluding hydrogens is 372 g/mol. The normalized spacial score (nSPS) is 24.1. The number of carbonyl (C=O) groups is 1. The summed E-state index contributed by atoms with van der Waals surface area (Å²) in [6.45, 7) is 0. The summed E-state index contributed by atoms with van der Waals surface area (Å²) in [4.78, 5) is 12.3. The van der Waals surface area contributed by atoms with Crippen LogP contribution in [0.25, 0.3) is 0 Å². The maximum absolute atomic E-state index is 12.3. The first-order chi connectivity index (χ1) is 12.4. The summed E-state index contributed by atoms with van der Waals surface area (Å²) < 4.78 is 25.2. The molecule has 0 radical (unpaired) electrons. The van der Waals surface area contributed by atoms with Crippen molar-refractivity contribution in [2.45, 2.75) is 68.5 Å². The van der Waals surface area contributed by atoms with E-state index in [4.69, 9.17) is 0 Å². The second-order valence-electron chi connectivity index (χ2n) is 7.40. The van der Waals surface area contributed by atoms with Crippen LogP contribution in [0.2, 0.25) is 0 Å². The summed E-state index contributed by atoms with van der Waals surface area (Å²) in [7, 11) is -1.11. The Morgan fingerprint density at radius 3 is 2.50 bits per heavy atom. The lowest BCUT2D eigenvalue weighted by Gasteiger charge is -2.20. The van der Waals surface area contributed by atoms with Gasteiger partial charge in [0.2, 0.25) is 5.91 Å². The third kappa shape index (κ3) is 5.22. The number of sulfone groups is 1. The Morgan fingerprint density at radius 2 is 1.85 bits per heavy atom. The van der Waals surface area contributed by atoms with E-state index in [1.807, 2.05) is 11.6 Å². The molecule has 1 amide bonds. The van der Waals surface area contributed by atoms with E-state index < -0.39 is 9.84 Å². The largest absolute Gasteiger partial charge is 0.353 e. The van der Waals surface area contributed by atoms with E-state index in [2.05, 4.69) is 15.5 Å². The Morgan fingerprint density at radius 1 is 1.15 bits per heavy atom. The van der Waals surface area contributed by atoms with Gasteiger partial charge in [0.05, 0.1) is 17.3 Å². The van der Waals surface area contributed by atoms with Gasteiger partial charge >= 0.3 is 0 Å². The van der Waals surface area contributed by atoms with Crippen LogP contribution in [-0.2, 0) is 21.7 Å². The molecule has 1 N–H and O–H groups in total. The van der Waals surface area contributed by atoms with E-state index in [9.17, 15) is 13.2 Å². The first-order valence-corrected chi connectivity index (χ1v) is 12.3. The minimum absolute atomic E-state index is 0.0357. The number of amides is 1. The lowest BCUT2D eigenvalue weighted by atomic mass is 9.97. The van der Waals surface area contributed by atoms with Crippen LogP contribution in [0.1, 0.15) is 63.1 Å². The van der Waals surface area contributed by atoms with E-state index >= 15 is 0 Å².